The van der Waals surface area contributed by atoms with Gasteiger partial charge in [0.05, 0.1) is 16.2 Å². The number of hydrogen-bond donors (Lipinski definition) is 1. The summed E-state index contributed by atoms with van der Waals surface area (Å²) < 4.78 is 0. The SMILES string of the molecule is O=C(O)c1ccc([N+](=O)[O-])cc1N1CCSCC1. The number of nitrogens with zero attached hydrogens (tertiary/aromatic N) is 2. The van der Waals surface area contributed by atoms with Crippen LogP contribution in [0, 0.1) is 10.1 Å². The number of carboxylic acid groups (broad SMARTS) is 1. The summed E-state index contributed by atoms with van der Waals surface area (Å²) in [6.45, 7) is 1.43. The summed E-state index contributed by atoms with van der Waals surface area (Å²) in [5.74, 6) is 0.752. The summed E-state index contributed by atoms with van der Waals surface area (Å²) in [5, 5.41) is 19.9. The minimum atomic E-state index is -1.06. The summed E-state index contributed by atoms with van der Waals surface area (Å²) >= 11 is 1.80. The van der Waals surface area contributed by atoms with E-state index < -0.39 is 10.9 Å². The maximum Gasteiger partial charge on any atom is 0.337 e. The van der Waals surface area contributed by atoms with E-state index in [4.69, 9.17) is 5.11 Å². The molecule has 0 spiro atoms. The van der Waals surface area contributed by atoms with Gasteiger partial charge in [-0.05, 0) is 6.07 Å². The van der Waals surface area contributed by atoms with Crippen LogP contribution in [0.5, 0.6) is 0 Å². The molecule has 1 fully saturated rings. The number of aromatic carboxylic acids is 1. The lowest BCUT2D eigenvalue weighted by Crippen LogP contribution is -2.33. The summed E-state index contributed by atoms with van der Waals surface area (Å²) in [5.41, 5.74) is 0.484. The van der Waals surface area contributed by atoms with E-state index in [2.05, 4.69) is 0 Å². The Labute approximate surface area is 108 Å². The third-order valence-electron chi connectivity index (χ3n) is 2.77. The van der Waals surface area contributed by atoms with Crippen molar-refractivity contribution in [1.29, 1.82) is 0 Å². The first kappa shape index (κ1) is 12.7. The van der Waals surface area contributed by atoms with Crippen LogP contribution in [-0.4, -0.2) is 40.6 Å². The highest BCUT2D eigenvalue weighted by Crippen LogP contribution is 2.28. The Morgan fingerprint density at radius 1 is 1.39 bits per heavy atom. The average Bonchev–Trinajstić information content (AvgIpc) is 2.39. The van der Waals surface area contributed by atoms with Crippen molar-refractivity contribution >= 4 is 29.1 Å². The Balaban J connectivity index is 2.42. The fourth-order valence-corrected chi connectivity index (χ4v) is 2.78. The number of carbonyl (C=O) groups is 1. The molecule has 1 aromatic carbocycles. The van der Waals surface area contributed by atoms with Crippen LogP contribution in [0.25, 0.3) is 0 Å². The van der Waals surface area contributed by atoms with E-state index in [0.29, 0.717) is 18.8 Å². The van der Waals surface area contributed by atoms with E-state index in [-0.39, 0.29) is 11.3 Å². The number of non-ortho nitro benzene ring substituents is 1. The Hall–Kier alpha value is -1.76. The van der Waals surface area contributed by atoms with Crippen LogP contribution in [0.3, 0.4) is 0 Å². The molecule has 0 radical (unpaired) electrons. The van der Waals surface area contributed by atoms with E-state index in [0.717, 1.165) is 11.5 Å². The zero-order valence-corrected chi connectivity index (χ0v) is 10.4. The topological polar surface area (TPSA) is 83.7 Å². The number of nitro benzene ring substituents is 1. The van der Waals surface area contributed by atoms with E-state index in [1.807, 2.05) is 4.90 Å². The predicted molar refractivity (Wildman–Crippen MR) is 69.6 cm³/mol. The van der Waals surface area contributed by atoms with Gasteiger partial charge in [-0.15, -0.1) is 0 Å². The standard InChI is InChI=1S/C11H12N2O4S/c14-11(15)9-2-1-8(13(16)17)7-10(9)12-3-5-18-6-4-12/h1-2,7H,3-6H2,(H,14,15). The van der Waals surface area contributed by atoms with Gasteiger partial charge in [-0.1, -0.05) is 0 Å². The predicted octanol–water partition coefficient (Wildman–Crippen LogP) is 1.85. The van der Waals surface area contributed by atoms with Crippen LogP contribution >= 0.6 is 11.8 Å². The fourth-order valence-electron chi connectivity index (χ4n) is 1.88. The van der Waals surface area contributed by atoms with Gasteiger partial charge in [0.25, 0.3) is 5.69 Å². The van der Waals surface area contributed by atoms with E-state index in [9.17, 15) is 14.9 Å². The fraction of sp³-hybridized carbons (Fsp3) is 0.364. The van der Waals surface area contributed by atoms with Crippen molar-refractivity contribution in [2.24, 2.45) is 0 Å². The molecule has 18 heavy (non-hydrogen) atoms. The van der Waals surface area contributed by atoms with Crippen molar-refractivity contribution in [1.82, 2.24) is 0 Å². The molecule has 0 aliphatic carbocycles. The molecule has 1 aromatic rings. The normalized spacial score (nSPS) is 15.4. The molecule has 1 saturated heterocycles. The molecule has 6 nitrogen and oxygen atoms in total. The lowest BCUT2D eigenvalue weighted by Gasteiger charge is -2.29. The zero-order chi connectivity index (χ0) is 13.1. The number of hydrogen-bond acceptors (Lipinski definition) is 5. The van der Waals surface area contributed by atoms with Gasteiger partial charge in [-0.3, -0.25) is 10.1 Å². The van der Waals surface area contributed by atoms with Crippen molar-refractivity contribution in [2.45, 2.75) is 0 Å². The molecule has 1 heterocycles. The van der Waals surface area contributed by atoms with Crippen molar-refractivity contribution in [3.05, 3.63) is 33.9 Å². The molecule has 1 aliphatic rings. The van der Waals surface area contributed by atoms with Gasteiger partial charge in [0, 0.05) is 36.7 Å². The first-order valence-corrected chi connectivity index (χ1v) is 6.59. The Morgan fingerprint density at radius 2 is 2.06 bits per heavy atom. The molecule has 0 atom stereocenters. The van der Waals surface area contributed by atoms with Gasteiger partial charge in [0.15, 0.2) is 0 Å². The highest BCUT2D eigenvalue weighted by Gasteiger charge is 2.21. The molecule has 2 rings (SSSR count). The first-order chi connectivity index (χ1) is 8.59. The largest absolute Gasteiger partial charge is 0.478 e. The minimum absolute atomic E-state index is 0.0757. The average molecular weight is 268 g/mol. The van der Waals surface area contributed by atoms with Gasteiger partial charge >= 0.3 is 5.97 Å². The Bertz CT molecular complexity index is 486. The maximum atomic E-state index is 11.1. The molecule has 1 N–H and O–H groups in total. The lowest BCUT2D eigenvalue weighted by atomic mass is 10.1. The Morgan fingerprint density at radius 3 is 2.61 bits per heavy atom. The van der Waals surface area contributed by atoms with E-state index in [1.165, 1.54) is 18.2 Å². The summed E-state index contributed by atoms with van der Waals surface area (Å²) in [4.78, 5) is 23.3. The molecule has 0 unspecified atom stereocenters. The third kappa shape index (κ3) is 2.56. The summed E-state index contributed by atoms with van der Waals surface area (Å²) in [7, 11) is 0. The summed E-state index contributed by atoms with van der Waals surface area (Å²) in [6.07, 6.45) is 0. The third-order valence-corrected chi connectivity index (χ3v) is 3.72. The van der Waals surface area contributed by atoms with Crippen molar-refractivity contribution in [2.75, 3.05) is 29.5 Å². The molecule has 7 heteroatoms. The number of rotatable bonds is 3. The second kappa shape index (κ2) is 5.26. The number of benzene rings is 1. The number of anilines is 1. The van der Waals surface area contributed by atoms with E-state index in [1.54, 1.807) is 11.8 Å². The second-order valence-corrected chi connectivity index (χ2v) is 5.09. The van der Waals surface area contributed by atoms with Crippen LogP contribution in [0.4, 0.5) is 11.4 Å². The van der Waals surface area contributed by atoms with Crippen LogP contribution < -0.4 is 4.90 Å². The quantitative estimate of drug-likeness (QED) is 0.665. The van der Waals surface area contributed by atoms with Gasteiger partial charge < -0.3 is 10.0 Å². The molecular weight excluding hydrogens is 256 g/mol. The van der Waals surface area contributed by atoms with Crippen LogP contribution in [0.2, 0.25) is 0 Å². The molecule has 1 aliphatic heterocycles. The van der Waals surface area contributed by atoms with Crippen LogP contribution in [0.15, 0.2) is 18.2 Å². The lowest BCUT2D eigenvalue weighted by molar-refractivity contribution is -0.384. The monoisotopic (exact) mass is 268 g/mol. The zero-order valence-electron chi connectivity index (χ0n) is 9.54. The van der Waals surface area contributed by atoms with E-state index >= 15 is 0 Å². The first-order valence-electron chi connectivity index (χ1n) is 5.44. The highest BCUT2D eigenvalue weighted by atomic mass is 32.2. The minimum Gasteiger partial charge on any atom is -0.478 e. The van der Waals surface area contributed by atoms with Crippen molar-refractivity contribution in [3.63, 3.8) is 0 Å². The van der Waals surface area contributed by atoms with Gasteiger partial charge in [-0.2, -0.15) is 11.8 Å². The molecule has 0 amide bonds. The molecule has 0 aromatic heterocycles. The Kier molecular flexibility index (Phi) is 3.71. The molecular formula is C11H12N2O4S. The highest BCUT2D eigenvalue weighted by molar-refractivity contribution is 7.99. The van der Waals surface area contributed by atoms with Gasteiger partial charge in [-0.25, -0.2) is 4.79 Å². The van der Waals surface area contributed by atoms with Crippen LogP contribution in [0.1, 0.15) is 10.4 Å². The van der Waals surface area contributed by atoms with Crippen molar-refractivity contribution < 1.29 is 14.8 Å². The number of thioether (sulfide) groups is 1. The smallest absolute Gasteiger partial charge is 0.337 e. The second-order valence-electron chi connectivity index (χ2n) is 3.86. The summed E-state index contributed by atoms with van der Waals surface area (Å²) in [6, 6.07) is 3.88. The molecule has 0 bridgehead atoms. The van der Waals surface area contributed by atoms with Crippen LogP contribution in [-0.2, 0) is 0 Å². The van der Waals surface area contributed by atoms with Crippen molar-refractivity contribution in [3.8, 4) is 0 Å². The molecule has 96 valence electrons. The van der Waals surface area contributed by atoms with Gasteiger partial charge in [0.1, 0.15) is 0 Å². The maximum absolute atomic E-state index is 11.1. The number of nitro groups is 1. The molecule has 0 saturated carbocycles. The number of carboxylic acids is 1. The van der Waals surface area contributed by atoms with Gasteiger partial charge in [0.2, 0.25) is 0 Å².